The van der Waals surface area contributed by atoms with Gasteiger partial charge < -0.3 is 10.2 Å². The summed E-state index contributed by atoms with van der Waals surface area (Å²) in [4.78, 5) is 27.4. The number of rotatable bonds is 11. The van der Waals surface area contributed by atoms with Gasteiger partial charge in [-0.05, 0) is 69.2 Å². The third-order valence-electron chi connectivity index (χ3n) is 5.22. The highest BCUT2D eigenvalue weighted by molar-refractivity contribution is 7.92. The monoisotopic (exact) mass is 561 g/mol. The molecule has 2 aromatic rings. The van der Waals surface area contributed by atoms with E-state index in [4.69, 9.17) is 34.8 Å². The van der Waals surface area contributed by atoms with Gasteiger partial charge in [0, 0.05) is 40.6 Å². The van der Waals surface area contributed by atoms with E-state index in [9.17, 15) is 18.0 Å². The van der Waals surface area contributed by atoms with E-state index in [0.717, 1.165) is 6.26 Å². The number of halogens is 3. The Hall–Kier alpha value is -2.00. The Bertz CT molecular complexity index is 1140. The molecule has 0 spiro atoms. The van der Waals surface area contributed by atoms with Crippen molar-refractivity contribution in [2.75, 3.05) is 17.1 Å². The van der Waals surface area contributed by atoms with Gasteiger partial charge in [-0.1, -0.05) is 40.9 Å². The summed E-state index contributed by atoms with van der Waals surface area (Å²) in [5.74, 6) is -0.593. The molecular formula is C24H30Cl3N3O4S. The lowest BCUT2D eigenvalue weighted by Crippen LogP contribution is -2.49. The van der Waals surface area contributed by atoms with Crippen LogP contribution in [-0.4, -0.2) is 50.0 Å². The van der Waals surface area contributed by atoms with Gasteiger partial charge in [0.2, 0.25) is 21.8 Å². The van der Waals surface area contributed by atoms with E-state index in [1.54, 1.807) is 49.4 Å². The van der Waals surface area contributed by atoms with Gasteiger partial charge in [-0.15, -0.1) is 0 Å². The van der Waals surface area contributed by atoms with Crippen LogP contribution in [0.25, 0.3) is 0 Å². The first-order chi connectivity index (χ1) is 16.3. The highest BCUT2D eigenvalue weighted by Crippen LogP contribution is 2.24. The number of hydrogen-bond donors (Lipinski definition) is 1. The van der Waals surface area contributed by atoms with Crippen molar-refractivity contribution in [2.45, 2.75) is 52.2 Å². The van der Waals surface area contributed by atoms with Crippen molar-refractivity contribution in [3.63, 3.8) is 0 Å². The molecule has 7 nitrogen and oxygen atoms in total. The normalized spacial score (nSPS) is 12.3. The number of nitrogens with one attached hydrogen (secondary N) is 1. The van der Waals surface area contributed by atoms with Crippen LogP contribution >= 0.6 is 34.8 Å². The summed E-state index contributed by atoms with van der Waals surface area (Å²) < 4.78 is 25.9. The Labute approximate surface area is 222 Å². The highest BCUT2D eigenvalue weighted by Gasteiger charge is 2.27. The maximum absolute atomic E-state index is 13.3. The Morgan fingerprint density at radius 2 is 1.57 bits per heavy atom. The lowest BCUT2D eigenvalue weighted by molar-refractivity contribution is -0.140. The first-order valence-electron chi connectivity index (χ1n) is 11.1. The summed E-state index contributed by atoms with van der Waals surface area (Å²) in [6, 6.07) is 10.5. The van der Waals surface area contributed by atoms with Crippen molar-refractivity contribution in [2.24, 2.45) is 0 Å². The second-order valence-corrected chi connectivity index (χ2v) is 11.7. The average Bonchev–Trinajstić information content (AvgIpc) is 2.75. The maximum atomic E-state index is 13.3. The third-order valence-corrected chi connectivity index (χ3v) is 7.25. The standard InChI is InChI=1S/C24H30Cl3N3O4S/c1-16(2)28-24(32)17(3)29(15-18-7-8-20(26)14-22(18)27)23(31)6-5-13-30(35(4,33)34)21-11-9-19(25)10-12-21/h7-12,14,16-17H,5-6,13,15H2,1-4H3,(H,28,32)/t17-/m0/s1. The number of anilines is 1. The van der Waals surface area contributed by atoms with Gasteiger partial charge in [-0.25, -0.2) is 8.42 Å². The van der Waals surface area contributed by atoms with E-state index in [0.29, 0.717) is 26.3 Å². The quantitative estimate of drug-likeness (QED) is 0.411. The summed E-state index contributed by atoms with van der Waals surface area (Å²) in [7, 11) is -3.58. The fraction of sp³-hybridized carbons (Fsp3) is 0.417. The molecule has 192 valence electrons. The Morgan fingerprint density at radius 3 is 2.11 bits per heavy atom. The van der Waals surface area contributed by atoms with E-state index in [-0.39, 0.29) is 43.8 Å². The van der Waals surface area contributed by atoms with E-state index < -0.39 is 16.1 Å². The van der Waals surface area contributed by atoms with Gasteiger partial charge in [0.25, 0.3) is 0 Å². The molecule has 0 saturated heterocycles. The first kappa shape index (κ1) is 29.2. The number of sulfonamides is 1. The van der Waals surface area contributed by atoms with Crippen LogP contribution in [0, 0.1) is 0 Å². The van der Waals surface area contributed by atoms with E-state index >= 15 is 0 Å². The molecule has 0 heterocycles. The van der Waals surface area contributed by atoms with Crippen molar-refractivity contribution in [1.29, 1.82) is 0 Å². The molecule has 35 heavy (non-hydrogen) atoms. The van der Waals surface area contributed by atoms with Crippen molar-refractivity contribution < 1.29 is 18.0 Å². The van der Waals surface area contributed by atoms with Gasteiger partial charge in [0.15, 0.2) is 0 Å². The smallest absolute Gasteiger partial charge is 0.242 e. The van der Waals surface area contributed by atoms with Crippen LogP contribution < -0.4 is 9.62 Å². The number of carbonyl (C=O) groups excluding carboxylic acids is 2. The minimum absolute atomic E-state index is 0.0319. The van der Waals surface area contributed by atoms with Gasteiger partial charge in [-0.3, -0.25) is 13.9 Å². The molecule has 0 fully saturated rings. The molecular weight excluding hydrogens is 533 g/mol. The van der Waals surface area contributed by atoms with Crippen LogP contribution in [0.1, 0.15) is 39.2 Å². The molecule has 0 aliphatic heterocycles. The average molecular weight is 563 g/mol. The molecule has 0 aliphatic rings. The molecule has 0 bridgehead atoms. The zero-order valence-electron chi connectivity index (χ0n) is 20.1. The molecule has 0 unspecified atom stereocenters. The molecule has 0 aliphatic carbocycles. The Kier molecular flexibility index (Phi) is 10.7. The van der Waals surface area contributed by atoms with Gasteiger partial charge in [0.05, 0.1) is 11.9 Å². The van der Waals surface area contributed by atoms with Crippen molar-refractivity contribution in [1.82, 2.24) is 10.2 Å². The predicted octanol–water partition coefficient (Wildman–Crippen LogP) is 5.13. The SMILES string of the molecule is CC(C)NC(=O)[C@H](C)N(Cc1ccc(Cl)cc1Cl)C(=O)CCCN(c1ccc(Cl)cc1)S(C)(=O)=O. The van der Waals surface area contributed by atoms with Crippen LogP contribution in [0.4, 0.5) is 5.69 Å². The lowest BCUT2D eigenvalue weighted by atomic mass is 10.1. The highest BCUT2D eigenvalue weighted by atomic mass is 35.5. The molecule has 0 aromatic heterocycles. The van der Waals surface area contributed by atoms with Crippen molar-refractivity contribution in [3.8, 4) is 0 Å². The van der Waals surface area contributed by atoms with Gasteiger partial charge >= 0.3 is 0 Å². The number of amides is 2. The molecule has 2 amide bonds. The fourth-order valence-corrected chi connectivity index (χ4v) is 4.99. The van der Waals surface area contributed by atoms with Crippen LogP contribution in [-0.2, 0) is 26.2 Å². The van der Waals surface area contributed by atoms with Gasteiger partial charge in [0.1, 0.15) is 6.04 Å². The Balaban J connectivity index is 2.19. The summed E-state index contributed by atoms with van der Waals surface area (Å²) >= 11 is 18.2. The second-order valence-electron chi connectivity index (χ2n) is 8.51. The number of benzene rings is 2. The summed E-state index contributed by atoms with van der Waals surface area (Å²) in [6.07, 6.45) is 1.39. The molecule has 1 atom stereocenters. The van der Waals surface area contributed by atoms with E-state index in [1.807, 2.05) is 13.8 Å². The van der Waals surface area contributed by atoms with Crippen LogP contribution in [0.5, 0.6) is 0 Å². The van der Waals surface area contributed by atoms with E-state index in [1.165, 1.54) is 9.21 Å². The summed E-state index contributed by atoms with van der Waals surface area (Å²) in [5, 5.41) is 4.16. The zero-order valence-corrected chi connectivity index (χ0v) is 23.2. The van der Waals surface area contributed by atoms with Crippen molar-refractivity contribution >= 4 is 62.3 Å². The van der Waals surface area contributed by atoms with Crippen molar-refractivity contribution in [3.05, 3.63) is 63.1 Å². The van der Waals surface area contributed by atoms with Crippen LogP contribution in [0.15, 0.2) is 42.5 Å². The van der Waals surface area contributed by atoms with Crippen LogP contribution in [0.3, 0.4) is 0 Å². The molecule has 2 aromatic carbocycles. The fourth-order valence-electron chi connectivity index (χ4n) is 3.43. The minimum atomic E-state index is -3.58. The summed E-state index contributed by atoms with van der Waals surface area (Å²) in [5.41, 5.74) is 1.10. The molecule has 0 saturated carbocycles. The Morgan fingerprint density at radius 1 is 0.971 bits per heavy atom. The van der Waals surface area contributed by atoms with Crippen LogP contribution in [0.2, 0.25) is 15.1 Å². The second kappa shape index (κ2) is 12.8. The van der Waals surface area contributed by atoms with E-state index in [2.05, 4.69) is 5.32 Å². The summed E-state index contributed by atoms with van der Waals surface area (Å²) in [6.45, 7) is 5.52. The topological polar surface area (TPSA) is 86.8 Å². The lowest BCUT2D eigenvalue weighted by Gasteiger charge is -2.30. The number of nitrogens with zero attached hydrogens (tertiary/aromatic N) is 2. The van der Waals surface area contributed by atoms with Gasteiger partial charge in [-0.2, -0.15) is 0 Å². The first-order valence-corrected chi connectivity index (χ1v) is 14.0. The molecule has 1 N–H and O–H groups in total. The number of hydrogen-bond acceptors (Lipinski definition) is 4. The maximum Gasteiger partial charge on any atom is 0.242 e. The minimum Gasteiger partial charge on any atom is -0.352 e. The molecule has 2 rings (SSSR count). The molecule has 11 heteroatoms. The third kappa shape index (κ3) is 8.86. The predicted molar refractivity (Wildman–Crippen MR) is 143 cm³/mol. The zero-order chi connectivity index (χ0) is 26.3. The largest absolute Gasteiger partial charge is 0.352 e. The molecule has 0 radical (unpaired) electrons. The number of carbonyl (C=O) groups is 2.